The van der Waals surface area contributed by atoms with Gasteiger partial charge in [-0.3, -0.25) is 0 Å². The van der Waals surface area contributed by atoms with Crippen LogP contribution in [0.1, 0.15) is 22.9 Å². The Morgan fingerprint density at radius 2 is 2.07 bits per heavy atom. The normalized spacial score (nSPS) is 19.9. The van der Waals surface area contributed by atoms with Crippen molar-refractivity contribution in [2.24, 2.45) is 0 Å². The lowest BCUT2D eigenvalue weighted by Gasteiger charge is -2.21. The molecule has 1 aliphatic rings. The molecule has 0 saturated heterocycles. The van der Waals surface area contributed by atoms with E-state index in [1.54, 1.807) is 6.26 Å². The van der Waals surface area contributed by atoms with Crippen molar-refractivity contribution in [1.29, 1.82) is 0 Å². The van der Waals surface area contributed by atoms with Crippen LogP contribution in [0.3, 0.4) is 0 Å². The van der Waals surface area contributed by atoms with E-state index in [0.717, 1.165) is 18.7 Å². The smallest absolute Gasteiger partial charge is 0.170 e. The molecule has 2 N–H and O–H groups in total. The van der Waals surface area contributed by atoms with E-state index in [4.69, 9.17) is 4.42 Å². The standard InChI is InChI=1S/C13H13NO/c1-2-5-11-10(4-1)7-8-14-13(11)12-6-3-9-15-12/h1-6,9,13-14H,7-8H2/p+1/t13-/m0/s1. The largest absolute Gasteiger partial charge is 0.463 e. The van der Waals surface area contributed by atoms with Crippen LogP contribution >= 0.6 is 0 Å². The predicted octanol–water partition coefficient (Wildman–Crippen LogP) is 1.49. The SMILES string of the molecule is c1coc([C@H]2[NH2+]CCc3ccccc32)c1. The molecule has 2 aromatic rings. The van der Waals surface area contributed by atoms with Crippen molar-refractivity contribution >= 4 is 0 Å². The monoisotopic (exact) mass is 200 g/mol. The summed E-state index contributed by atoms with van der Waals surface area (Å²) in [5.74, 6) is 1.06. The highest BCUT2D eigenvalue weighted by atomic mass is 16.3. The zero-order valence-corrected chi connectivity index (χ0v) is 8.52. The third-order valence-corrected chi connectivity index (χ3v) is 3.06. The van der Waals surface area contributed by atoms with Crippen LogP contribution < -0.4 is 5.32 Å². The van der Waals surface area contributed by atoms with Gasteiger partial charge >= 0.3 is 0 Å². The first-order valence-corrected chi connectivity index (χ1v) is 5.40. The second kappa shape index (κ2) is 3.55. The molecule has 0 saturated carbocycles. The summed E-state index contributed by atoms with van der Waals surface area (Å²) in [5, 5.41) is 2.35. The summed E-state index contributed by atoms with van der Waals surface area (Å²) in [5.41, 5.74) is 2.86. The molecule has 1 atom stereocenters. The topological polar surface area (TPSA) is 29.8 Å². The van der Waals surface area contributed by atoms with Gasteiger partial charge in [0.1, 0.15) is 0 Å². The predicted molar refractivity (Wildman–Crippen MR) is 57.5 cm³/mol. The van der Waals surface area contributed by atoms with Gasteiger partial charge in [0.2, 0.25) is 0 Å². The molecule has 0 fully saturated rings. The van der Waals surface area contributed by atoms with Crippen LogP contribution in [0.25, 0.3) is 0 Å². The van der Waals surface area contributed by atoms with Gasteiger partial charge in [-0.25, -0.2) is 0 Å². The first kappa shape index (κ1) is 8.74. The zero-order valence-electron chi connectivity index (χ0n) is 8.52. The molecule has 2 nitrogen and oxygen atoms in total. The Bertz CT molecular complexity index is 447. The van der Waals surface area contributed by atoms with Gasteiger partial charge in [-0.1, -0.05) is 24.3 Å². The second-order valence-corrected chi connectivity index (χ2v) is 3.97. The van der Waals surface area contributed by atoms with Crippen molar-refractivity contribution in [2.45, 2.75) is 12.5 Å². The van der Waals surface area contributed by atoms with E-state index in [9.17, 15) is 0 Å². The molecular weight excluding hydrogens is 186 g/mol. The number of furan rings is 1. The molecule has 0 spiro atoms. The number of fused-ring (bicyclic) bond motifs is 1. The quantitative estimate of drug-likeness (QED) is 0.742. The van der Waals surface area contributed by atoms with Crippen molar-refractivity contribution in [3.05, 3.63) is 59.5 Å². The van der Waals surface area contributed by atoms with Gasteiger partial charge in [0, 0.05) is 12.0 Å². The second-order valence-electron chi connectivity index (χ2n) is 3.97. The Morgan fingerprint density at radius 3 is 2.93 bits per heavy atom. The minimum atomic E-state index is 0.352. The molecule has 76 valence electrons. The van der Waals surface area contributed by atoms with Gasteiger partial charge in [0.15, 0.2) is 11.8 Å². The Balaban J connectivity index is 2.06. The van der Waals surface area contributed by atoms with Crippen molar-refractivity contribution in [3.8, 4) is 0 Å². The van der Waals surface area contributed by atoms with Gasteiger partial charge in [-0.15, -0.1) is 0 Å². The maximum atomic E-state index is 5.50. The number of rotatable bonds is 1. The molecule has 1 aromatic heterocycles. The summed E-state index contributed by atoms with van der Waals surface area (Å²) in [6, 6.07) is 13.0. The summed E-state index contributed by atoms with van der Waals surface area (Å²) in [6.45, 7) is 1.14. The Hall–Kier alpha value is -1.54. The van der Waals surface area contributed by atoms with Crippen molar-refractivity contribution in [2.75, 3.05) is 6.54 Å². The first-order chi connectivity index (χ1) is 7.45. The highest BCUT2D eigenvalue weighted by molar-refractivity contribution is 5.33. The number of nitrogens with two attached hydrogens (primary N) is 1. The van der Waals surface area contributed by atoms with Crippen molar-refractivity contribution in [1.82, 2.24) is 0 Å². The molecule has 15 heavy (non-hydrogen) atoms. The van der Waals surface area contributed by atoms with Crippen LogP contribution in [-0.2, 0) is 6.42 Å². The molecule has 2 heteroatoms. The van der Waals surface area contributed by atoms with Crippen molar-refractivity contribution in [3.63, 3.8) is 0 Å². The lowest BCUT2D eigenvalue weighted by molar-refractivity contribution is -0.691. The van der Waals surface area contributed by atoms with E-state index in [0.29, 0.717) is 6.04 Å². The fourth-order valence-corrected chi connectivity index (χ4v) is 2.34. The maximum absolute atomic E-state index is 5.50. The Labute approximate surface area is 88.9 Å². The number of hydrogen-bond donors (Lipinski definition) is 1. The third kappa shape index (κ3) is 1.47. The number of benzene rings is 1. The van der Waals surface area contributed by atoms with E-state index in [1.165, 1.54) is 11.1 Å². The highest BCUT2D eigenvalue weighted by Gasteiger charge is 2.26. The van der Waals surface area contributed by atoms with Gasteiger partial charge in [0.05, 0.1) is 12.8 Å². The molecule has 0 unspecified atom stereocenters. The summed E-state index contributed by atoms with van der Waals surface area (Å²) in [4.78, 5) is 0. The Kier molecular flexibility index (Phi) is 2.07. The first-order valence-electron chi connectivity index (χ1n) is 5.40. The minimum Gasteiger partial charge on any atom is -0.463 e. The van der Waals surface area contributed by atoms with Gasteiger partial charge in [-0.2, -0.15) is 0 Å². The van der Waals surface area contributed by atoms with Gasteiger partial charge < -0.3 is 9.73 Å². The average molecular weight is 200 g/mol. The van der Waals surface area contributed by atoms with Gasteiger partial charge in [0.25, 0.3) is 0 Å². The third-order valence-electron chi connectivity index (χ3n) is 3.06. The Morgan fingerprint density at radius 1 is 1.13 bits per heavy atom. The number of quaternary nitrogens is 1. The van der Waals surface area contributed by atoms with Crippen LogP contribution in [-0.4, -0.2) is 6.54 Å². The van der Waals surface area contributed by atoms with E-state index < -0.39 is 0 Å². The summed E-state index contributed by atoms with van der Waals surface area (Å²) < 4.78 is 5.50. The molecule has 0 bridgehead atoms. The highest BCUT2D eigenvalue weighted by Crippen LogP contribution is 2.24. The maximum Gasteiger partial charge on any atom is 0.170 e. The fourth-order valence-electron chi connectivity index (χ4n) is 2.34. The average Bonchev–Trinajstić information content (AvgIpc) is 2.82. The minimum absolute atomic E-state index is 0.352. The van der Waals surface area contributed by atoms with Gasteiger partial charge in [-0.05, 0) is 17.7 Å². The van der Waals surface area contributed by atoms with Crippen LogP contribution in [0, 0.1) is 0 Å². The molecule has 2 heterocycles. The summed E-state index contributed by atoms with van der Waals surface area (Å²) in [6.07, 6.45) is 2.91. The fraction of sp³-hybridized carbons (Fsp3) is 0.231. The van der Waals surface area contributed by atoms with Crippen LogP contribution in [0.4, 0.5) is 0 Å². The van der Waals surface area contributed by atoms with E-state index in [1.807, 2.05) is 6.07 Å². The lowest BCUT2D eigenvalue weighted by atomic mass is 9.93. The molecular formula is C13H14NO+. The molecule has 1 aliphatic heterocycles. The van der Waals surface area contributed by atoms with Crippen LogP contribution in [0.15, 0.2) is 47.1 Å². The van der Waals surface area contributed by atoms with E-state index in [-0.39, 0.29) is 0 Å². The van der Waals surface area contributed by atoms with E-state index in [2.05, 4.69) is 35.6 Å². The lowest BCUT2D eigenvalue weighted by Crippen LogP contribution is -2.87. The molecule has 0 radical (unpaired) electrons. The van der Waals surface area contributed by atoms with E-state index >= 15 is 0 Å². The summed E-state index contributed by atoms with van der Waals surface area (Å²) in [7, 11) is 0. The molecule has 3 rings (SSSR count). The van der Waals surface area contributed by atoms with Crippen molar-refractivity contribution < 1.29 is 9.73 Å². The molecule has 1 aromatic carbocycles. The zero-order chi connectivity index (χ0) is 10.1. The summed E-state index contributed by atoms with van der Waals surface area (Å²) >= 11 is 0. The molecule has 0 aliphatic carbocycles. The van der Waals surface area contributed by atoms with Crippen LogP contribution in [0.2, 0.25) is 0 Å². The molecule has 0 amide bonds. The van der Waals surface area contributed by atoms with Crippen LogP contribution in [0.5, 0.6) is 0 Å². The number of hydrogen-bond acceptors (Lipinski definition) is 1.